The van der Waals surface area contributed by atoms with Crippen molar-refractivity contribution in [2.75, 3.05) is 0 Å². The largest absolute Gasteiger partial charge is 0.494 e. The monoisotopic (exact) mass is 291 g/mol. The fourth-order valence-corrected chi connectivity index (χ4v) is 1.65. The second-order valence-corrected chi connectivity index (χ2v) is 5.59. The lowest BCUT2D eigenvalue weighted by Crippen LogP contribution is -2.32. The van der Waals surface area contributed by atoms with E-state index in [-0.39, 0.29) is 12.1 Å². The molecular formula is C14H17N3O4. The van der Waals surface area contributed by atoms with E-state index in [0.29, 0.717) is 5.76 Å². The number of nitrogens with one attached hydrogen (secondary N) is 1. The molecule has 0 radical (unpaired) electrons. The van der Waals surface area contributed by atoms with Gasteiger partial charge in [-0.3, -0.25) is 19.3 Å². The summed E-state index contributed by atoms with van der Waals surface area (Å²) in [6, 6.07) is 3.34. The van der Waals surface area contributed by atoms with Crippen LogP contribution in [0.5, 0.6) is 5.88 Å². The van der Waals surface area contributed by atoms with Crippen molar-refractivity contribution >= 4 is 6.21 Å². The van der Waals surface area contributed by atoms with Crippen LogP contribution in [0.15, 0.2) is 37.4 Å². The quantitative estimate of drug-likeness (QED) is 0.827. The highest BCUT2D eigenvalue weighted by Crippen LogP contribution is 2.13. The van der Waals surface area contributed by atoms with Crippen LogP contribution >= 0.6 is 0 Å². The van der Waals surface area contributed by atoms with Crippen molar-refractivity contribution in [3.05, 3.63) is 50.6 Å². The summed E-state index contributed by atoms with van der Waals surface area (Å²) in [6.45, 7) is 5.58. The van der Waals surface area contributed by atoms with Crippen LogP contribution < -0.4 is 11.2 Å². The maximum absolute atomic E-state index is 11.8. The van der Waals surface area contributed by atoms with Crippen LogP contribution in [0.2, 0.25) is 0 Å². The number of aromatic nitrogens is 2. The average molecular weight is 291 g/mol. The Morgan fingerprint density at radius 1 is 1.43 bits per heavy atom. The molecule has 0 aliphatic carbocycles. The number of nitrogens with zero attached hydrogens (tertiary/aromatic N) is 2. The van der Waals surface area contributed by atoms with Crippen LogP contribution in [-0.4, -0.2) is 26.4 Å². The van der Waals surface area contributed by atoms with Crippen molar-refractivity contribution in [1.82, 2.24) is 9.55 Å². The standard InChI is InChI=1S/C14H17N3O4/c1-14(2,3)15-7-10-11(18)16-13(20)17(12(10)19)8-9-5-4-6-21-9/h4-7,19H,8H2,1-3H3,(H,16,18,20). The lowest BCUT2D eigenvalue weighted by atomic mass is 10.1. The second-order valence-electron chi connectivity index (χ2n) is 5.59. The van der Waals surface area contributed by atoms with Gasteiger partial charge in [0, 0.05) is 6.21 Å². The minimum atomic E-state index is -0.707. The molecule has 0 aliphatic heterocycles. The molecule has 2 heterocycles. The molecule has 0 aromatic carbocycles. The number of H-pyrrole nitrogens is 1. The molecule has 0 amide bonds. The van der Waals surface area contributed by atoms with Crippen LogP contribution in [0.25, 0.3) is 0 Å². The summed E-state index contributed by atoms with van der Waals surface area (Å²) in [7, 11) is 0. The van der Waals surface area contributed by atoms with Gasteiger partial charge in [-0.1, -0.05) is 0 Å². The first-order chi connectivity index (χ1) is 9.78. The third kappa shape index (κ3) is 3.50. The highest BCUT2D eigenvalue weighted by molar-refractivity contribution is 5.82. The summed E-state index contributed by atoms with van der Waals surface area (Å²) in [5.74, 6) is 0.0475. The molecular weight excluding hydrogens is 274 g/mol. The molecule has 0 saturated heterocycles. The Kier molecular flexibility index (Phi) is 3.84. The van der Waals surface area contributed by atoms with Gasteiger partial charge in [-0.05, 0) is 32.9 Å². The van der Waals surface area contributed by atoms with Gasteiger partial charge >= 0.3 is 5.69 Å². The fraction of sp³-hybridized carbons (Fsp3) is 0.357. The number of hydrogen-bond acceptors (Lipinski definition) is 5. The van der Waals surface area contributed by atoms with Gasteiger partial charge in [0.25, 0.3) is 5.56 Å². The van der Waals surface area contributed by atoms with E-state index in [1.165, 1.54) is 12.5 Å². The average Bonchev–Trinajstić information content (AvgIpc) is 2.85. The van der Waals surface area contributed by atoms with Gasteiger partial charge in [0.15, 0.2) is 0 Å². The Morgan fingerprint density at radius 2 is 2.14 bits per heavy atom. The summed E-state index contributed by atoms with van der Waals surface area (Å²) < 4.78 is 6.15. The molecule has 0 aliphatic rings. The van der Waals surface area contributed by atoms with Gasteiger partial charge in [0.05, 0.1) is 18.3 Å². The van der Waals surface area contributed by atoms with Crippen molar-refractivity contribution in [2.45, 2.75) is 32.9 Å². The lowest BCUT2D eigenvalue weighted by molar-refractivity contribution is 0.392. The predicted molar refractivity (Wildman–Crippen MR) is 78.1 cm³/mol. The van der Waals surface area contributed by atoms with Crippen molar-refractivity contribution < 1.29 is 9.52 Å². The van der Waals surface area contributed by atoms with Crippen LogP contribution in [0, 0.1) is 0 Å². The molecule has 0 unspecified atom stereocenters. The minimum absolute atomic E-state index is 0.0187. The van der Waals surface area contributed by atoms with Crippen molar-refractivity contribution in [3.63, 3.8) is 0 Å². The smallest absolute Gasteiger partial charge is 0.331 e. The molecule has 0 fully saturated rings. The summed E-state index contributed by atoms with van der Waals surface area (Å²) in [4.78, 5) is 29.9. The van der Waals surface area contributed by atoms with E-state index in [1.807, 2.05) is 20.8 Å². The summed E-state index contributed by atoms with van der Waals surface area (Å²) in [5, 5.41) is 10.2. The topological polar surface area (TPSA) is 101 Å². The Balaban J connectivity index is 2.50. The molecule has 21 heavy (non-hydrogen) atoms. The van der Waals surface area contributed by atoms with Gasteiger partial charge in [0.1, 0.15) is 11.3 Å². The SMILES string of the molecule is CC(C)(C)N=Cc1c(O)n(Cc2ccco2)c(=O)[nH]c1=O. The van der Waals surface area contributed by atoms with Gasteiger partial charge < -0.3 is 9.52 Å². The molecule has 0 bridgehead atoms. The fourth-order valence-electron chi connectivity index (χ4n) is 1.65. The van der Waals surface area contributed by atoms with Crippen molar-refractivity contribution in [1.29, 1.82) is 0 Å². The van der Waals surface area contributed by atoms with E-state index in [0.717, 1.165) is 4.57 Å². The highest BCUT2D eigenvalue weighted by atomic mass is 16.3. The third-order valence-electron chi connectivity index (χ3n) is 2.68. The Morgan fingerprint density at radius 3 is 2.71 bits per heavy atom. The second kappa shape index (κ2) is 5.43. The van der Waals surface area contributed by atoms with Crippen LogP contribution in [0.3, 0.4) is 0 Å². The molecule has 7 nitrogen and oxygen atoms in total. The van der Waals surface area contributed by atoms with Crippen LogP contribution in [0.4, 0.5) is 0 Å². The van der Waals surface area contributed by atoms with Crippen LogP contribution in [-0.2, 0) is 6.54 Å². The van der Waals surface area contributed by atoms with E-state index in [1.54, 1.807) is 12.1 Å². The normalized spacial score (nSPS) is 12.1. The molecule has 2 aromatic heterocycles. The number of hydrogen-bond donors (Lipinski definition) is 2. The number of aliphatic imine (C=N–C) groups is 1. The van der Waals surface area contributed by atoms with E-state index in [4.69, 9.17) is 4.42 Å². The maximum atomic E-state index is 11.8. The zero-order chi connectivity index (χ0) is 15.6. The van der Waals surface area contributed by atoms with E-state index < -0.39 is 22.7 Å². The van der Waals surface area contributed by atoms with E-state index >= 15 is 0 Å². The summed E-state index contributed by atoms with van der Waals surface area (Å²) >= 11 is 0. The molecule has 112 valence electrons. The number of aromatic amines is 1. The Hall–Kier alpha value is -2.57. The molecule has 7 heteroatoms. The van der Waals surface area contributed by atoms with E-state index in [9.17, 15) is 14.7 Å². The predicted octanol–water partition coefficient (Wildman–Crippen LogP) is 1.10. The first-order valence-electron chi connectivity index (χ1n) is 6.41. The van der Waals surface area contributed by atoms with Crippen molar-refractivity contribution in [2.24, 2.45) is 4.99 Å². The molecule has 2 rings (SSSR count). The van der Waals surface area contributed by atoms with E-state index in [2.05, 4.69) is 9.98 Å². The number of rotatable bonds is 3. The molecule has 2 N–H and O–H groups in total. The van der Waals surface area contributed by atoms with Crippen molar-refractivity contribution in [3.8, 4) is 5.88 Å². The highest BCUT2D eigenvalue weighted by Gasteiger charge is 2.15. The van der Waals surface area contributed by atoms with Crippen LogP contribution in [0.1, 0.15) is 32.1 Å². The molecule has 0 saturated carbocycles. The van der Waals surface area contributed by atoms with Gasteiger partial charge in [-0.25, -0.2) is 4.79 Å². The van der Waals surface area contributed by atoms with Gasteiger partial charge in [-0.2, -0.15) is 0 Å². The molecule has 0 atom stereocenters. The molecule has 2 aromatic rings. The Bertz CT molecular complexity index is 761. The first-order valence-corrected chi connectivity index (χ1v) is 6.41. The zero-order valence-electron chi connectivity index (χ0n) is 12.1. The summed E-state index contributed by atoms with van der Waals surface area (Å²) in [5.41, 5.74) is -1.85. The Labute approximate surface area is 120 Å². The zero-order valence-corrected chi connectivity index (χ0v) is 12.1. The maximum Gasteiger partial charge on any atom is 0.331 e. The molecule has 0 spiro atoms. The van der Waals surface area contributed by atoms with Gasteiger partial charge in [0.2, 0.25) is 5.88 Å². The van der Waals surface area contributed by atoms with Gasteiger partial charge in [-0.15, -0.1) is 0 Å². The first kappa shape index (κ1) is 14.8. The minimum Gasteiger partial charge on any atom is -0.494 e. The lowest BCUT2D eigenvalue weighted by Gasteiger charge is -2.12. The third-order valence-corrected chi connectivity index (χ3v) is 2.68. The number of aromatic hydroxyl groups is 1. The number of furan rings is 1. The summed E-state index contributed by atoms with van der Waals surface area (Å²) in [6.07, 6.45) is 2.73.